The van der Waals surface area contributed by atoms with Crippen molar-refractivity contribution in [1.82, 2.24) is 4.98 Å². The largest absolute Gasteiger partial charge is 0.449 e. The van der Waals surface area contributed by atoms with Gasteiger partial charge in [-0.2, -0.15) is 0 Å². The molecule has 1 heterocycles. The summed E-state index contributed by atoms with van der Waals surface area (Å²) in [5.41, 5.74) is 4.54. The molecule has 148 valence electrons. The van der Waals surface area contributed by atoms with Crippen LogP contribution in [-0.2, 0) is 22.4 Å². The van der Waals surface area contributed by atoms with Crippen molar-refractivity contribution in [2.75, 3.05) is 5.32 Å². The number of hydrogen-bond acceptors (Lipinski definition) is 4. The molecule has 1 N–H and O–H groups in total. The first kappa shape index (κ1) is 19.4. The van der Waals surface area contributed by atoms with Gasteiger partial charge < -0.3 is 10.1 Å². The Morgan fingerprint density at radius 3 is 2.76 bits per heavy atom. The highest BCUT2D eigenvalue weighted by molar-refractivity contribution is 6.31. The summed E-state index contributed by atoms with van der Waals surface area (Å²) in [5, 5.41) is 4.11. The third-order valence-corrected chi connectivity index (χ3v) is 5.71. The second-order valence-electron chi connectivity index (χ2n) is 7.23. The minimum absolute atomic E-state index is 0.404. The van der Waals surface area contributed by atoms with Crippen LogP contribution in [0.25, 0.3) is 10.9 Å². The number of amides is 1. The predicted octanol–water partition coefficient (Wildman–Crippen LogP) is 4.87. The molecule has 0 spiro atoms. The van der Waals surface area contributed by atoms with Crippen molar-refractivity contribution in [1.29, 1.82) is 0 Å². The van der Waals surface area contributed by atoms with E-state index in [4.69, 9.17) is 16.3 Å². The van der Waals surface area contributed by atoms with E-state index in [0.717, 1.165) is 47.0 Å². The Balaban J connectivity index is 1.58. The summed E-state index contributed by atoms with van der Waals surface area (Å²) in [7, 11) is 0. The van der Waals surface area contributed by atoms with E-state index in [1.54, 1.807) is 25.1 Å². The normalized spacial score (nSPS) is 13.8. The highest BCUT2D eigenvalue weighted by Crippen LogP contribution is 2.31. The van der Waals surface area contributed by atoms with Gasteiger partial charge in [-0.25, -0.2) is 4.79 Å². The first-order chi connectivity index (χ1) is 14.0. The summed E-state index contributed by atoms with van der Waals surface area (Å²) in [5.74, 6) is -0.897. The minimum atomic E-state index is -0.954. The van der Waals surface area contributed by atoms with Crippen LogP contribution >= 0.6 is 11.6 Å². The van der Waals surface area contributed by atoms with Crippen molar-refractivity contribution in [2.45, 2.75) is 39.2 Å². The van der Waals surface area contributed by atoms with Gasteiger partial charge in [0.25, 0.3) is 5.91 Å². The van der Waals surface area contributed by atoms with Gasteiger partial charge in [-0.05, 0) is 62.4 Å². The Bertz CT molecular complexity index is 1130. The van der Waals surface area contributed by atoms with Crippen molar-refractivity contribution >= 4 is 40.1 Å². The van der Waals surface area contributed by atoms with Crippen LogP contribution in [0.4, 0.5) is 5.69 Å². The molecule has 1 aliphatic rings. The second kappa shape index (κ2) is 7.84. The molecule has 29 heavy (non-hydrogen) atoms. The molecule has 1 atom stereocenters. The molecule has 6 heteroatoms. The number of para-hydroxylation sites is 1. The predicted molar refractivity (Wildman–Crippen MR) is 113 cm³/mol. The fourth-order valence-corrected chi connectivity index (χ4v) is 3.87. The maximum Gasteiger partial charge on any atom is 0.339 e. The zero-order valence-electron chi connectivity index (χ0n) is 16.3. The Morgan fingerprint density at radius 2 is 1.93 bits per heavy atom. The topological polar surface area (TPSA) is 68.3 Å². The molecule has 1 aromatic heterocycles. The molecule has 4 rings (SSSR count). The quantitative estimate of drug-likeness (QED) is 0.625. The Kier molecular flexibility index (Phi) is 5.24. The lowest BCUT2D eigenvalue weighted by atomic mass is 10.0. The molecule has 0 unspecified atom stereocenters. The molecule has 0 bridgehead atoms. The Labute approximate surface area is 174 Å². The molecule has 0 radical (unpaired) electrons. The number of rotatable bonds is 4. The van der Waals surface area contributed by atoms with Gasteiger partial charge in [0.2, 0.25) is 0 Å². The van der Waals surface area contributed by atoms with Gasteiger partial charge in [0.1, 0.15) is 0 Å². The number of carbonyl (C=O) groups is 2. The molecule has 0 fully saturated rings. The molecule has 5 nitrogen and oxygen atoms in total. The summed E-state index contributed by atoms with van der Waals surface area (Å²) in [6.07, 6.45) is 1.65. The van der Waals surface area contributed by atoms with E-state index in [0.29, 0.717) is 16.3 Å². The monoisotopic (exact) mass is 408 g/mol. The number of aromatic nitrogens is 1. The second-order valence-corrected chi connectivity index (χ2v) is 7.64. The maximum absolute atomic E-state index is 13.1. The number of benzene rings is 2. The molecule has 0 aliphatic heterocycles. The molecule has 1 aliphatic carbocycles. The first-order valence-corrected chi connectivity index (χ1v) is 10.0. The summed E-state index contributed by atoms with van der Waals surface area (Å²) in [4.78, 5) is 30.3. The summed E-state index contributed by atoms with van der Waals surface area (Å²) < 4.78 is 5.56. The number of ether oxygens (including phenoxy) is 1. The number of nitrogens with zero attached hydrogens (tertiary/aromatic N) is 1. The molecule has 3 aromatic rings. The van der Waals surface area contributed by atoms with Crippen LogP contribution in [0.2, 0.25) is 5.02 Å². The molecule has 0 saturated carbocycles. The number of pyridine rings is 1. The maximum atomic E-state index is 13.1. The smallest absolute Gasteiger partial charge is 0.339 e. The highest BCUT2D eigenvalue weighted by Gasteiger charge is 2.27. The number of esters is 1. The zero-order chi connectivity index (χ0) is 20.5. The fourth-order valence-electron chi connectivity index (χ4n) is 3.69. The third-order valence-electron chi connectivity index (χ3n) is 5.30. The van der Waals surface area contributed by atoms with Gasteiger partial charge in [-0.15, -0.1) is 0 Å². The van der Waals surface area contributed by atoms with Crippen LogP contribution in [0.3, 0.4) is 0 Å². The van der Waals surface area contributed by atoms with Gasteiger partial charge in [-0.3, -0.25) is 9.78 Å². The molecular weight excluding hydrogens is 388 g/mol. The summed E-state index contributed by atoms with van der Waals surface area (Å²) in [6, 6.07) is 12.8. The summed E-state index contributed by atoms with van der Waals surface area (Å²) >= 11 is 6.11. The lowest BCUT2D eigenvalue weighted by Gasteiger charge is -2.17. The van der Waals surface area contributed by atoms with Gasteiger partial charge in [0.05, 0.1) is 11.1 Å². The fraction of sp³-hybridized carbons (Fsp3) is 0.261. The van der Waals surface area contributed by atoms with Crippen molar-refractivity contribution < 1.29 is 14.3 Å². The zero-order valence-corrected chi connectivity index (χ0v) is 17.0. The van der Waals surface area contributed by atoms with Gasteiger partial charge >= 0.3 is 5.97 Å². The minimum Gasteiger partial charge on any atom is -0.449 e. The SMILES string of the molecule is Cc1c(Cl)cccc1NC(=O)[C@@H](C)OC(=O)c1c2c(nc3ccccc13)CCC2. The van der Waals surface area contributed by atoms with E-state index < -0.39 is 18.0 Å². The van der Waals surface area contributed by atoms with E-state index in [1.165, 1.54) is 0 Å². The highest BCUT2D eigenvalue weighted by atomic mass is 35.5. The van der Waals surface area contributed by atoms with Crippen molar-refractivity contribution in [3.8, 4) is 0 Å². The van der Waals surface area contributed by atoms with Crippen LogP contribution in [0.15, 0.2) is 42.5 Å². The standard InChI is InChI=1S/C23H21ClN2O3/c1-13-17(24)9-6-11-18(13)26-22(27)14(2)29-23(28)21-15-7-3-4-10-19(15)25-20-12-5-8-16(20)21/h3-4,6-7,9-11,14H,5,8,12H2,1-2H3,(H,26,27)/t14-/m1/s1. The van der Waals surface area contributed by atoms with Crippen LogP contribution in [-0.4, -0.2) is 23.0 Å². The molecule has 0 saturated heterocycles. The Hall–Kier alpha value is -2.92. The molecular formula is C23H21ClN2O3. The van der Waals surface area contributed by atoms with Crippen molar-refractivity contribution in [3.63, 3.8) is 0 Å². The number of anilines is 1. The van der Waals surface area contributed by atoms with Crippen LogP contribution in [0.5, 0.6) is 0 Å². The number of carbonyl (C=O) groups excluding carboxylic acids is 2. The van der Waals surface area contributed by atoms with Crippen LogP contribution < -0.4 is 5.32 Å². The molecule has 2 aromatic carbocycles. The first-order valence-electron chi connectivity index (χ1n) is 9.63. The third kappa shape index (κ3) is 3.70. The van der Waals surface area contributed by atoms with Crippen LogP contribution in [0, 0.1) is 6.92 Å². The lowest BCUT2D eigenvalue weighted by molar-refractivity contribution is -0.123. The van der Waals surface area contributed by atoms with Crippen LogP contribution in [0.1, 0.15) is 40.5 Å². The van der Waals surface area contributed by atoms with Crippen molar-refractivity contribution in [3.05, 3.63) is 69.9 Å². The van der Waals surface area contributed by atoms with E-state index in [1.807, 2.05) is 31.2 Å². The average Bonchev–Trinajstić information content (AvgIpc) is 3.17. The van der Waals surface area contributed by atoms with E-state index in [-0.39, 0.29) is 0 Å². The van der Waals surface area contributed by atoms with E-state index >= 15 is 0 Å². The number of aryl methyl sites for hydroxylation is 1. The van der Waals surface area contributed by atoms with Gasteiger partial charge in [-0.1, -0.05) is 35.9 Å². The number of hydrogen-bond donors (Lipinski definition) is 1. The molecule has 1 amide bonds. The number of halogens is 1. The number of nitrogens with one attached hydrogen (secondary N) is 1. The van der Waals surface area contributed by atoms with Gasteiger partial charge in [0, 0.05) is 21.8 Å². The van der Waals surface area contributed by atoms with Crippen molar-refractivity contribution in [2.24, 2.45) is 0 Å². The van der Waals surface area contributed by atoms with E-state index in [9.17, 15) is 9.59 Å². The van der Waals surface area contributed by atoms with Gasteiger partial charge in [0.15, 0.2) is 6.10 Å². The number of fused-ring (bicyclic) bond motifs is 2. The van der Waals surface area contributed by atoms with E-state index in [2.05, 4.69) is 10.3 Å². The Morgan fingerprint density at radius 1 is 1.14 bits per heavy atom. The lowest BCUT2D eigenvalue weighted by Crippen LogP contribution is -2.30. The average molecular weight is 409 g/mol. The summed E-state index contributed by atoms with van der Waals surface area (Å²) in [6.45, 7) is 3.39.